The second kappa shape index (κ2) is 4.05. The van der Waals surface area contributed by atoms with Gasteiger partial charge in [-0.25, -0.2) is 0 Å². The molecule has 0 unspecified atom stereocenters. The van der Waals surface area contributed by atoms with Crippen LogP contribution in [0.1, 0.15) is 24.6 Å². The summed E-state index contributed by atoms with van der Waals surface area (Å²) in [6.45, 7) is 3.46. The van der Waals surface area contributed by atoms with E-state index in [-0.39, 0.29) is 0 Å². The van der Waals surface area contributed by atoms with E-state index in [0.29, 0.717) is 19.3 Å². The van der Waals surface area contributed by atoms with Gasteiger partial charge in [0.1, 0.15) is 13.2 Å². The lowest BCUT2D eigenvalue weighted by atomic mass is 10.1. The van der Waals surface area contributed by atoms with Gasteiger partial charge in [-0.1, -0.05) is 0 Å². The van der Waals surface area contributed by atoms with Crippen molar-refractivity contribution in [2.75, 3.05) is 13.2 Å². The smallest absolute Gasteiger partial charge is 0.162 e. The van der Waals surface area contributed by atoms with Gasteiger partial charge < -0.3 is 14.0 Å². The molecule has 0 spiro atoms. The Kier molecular flexibility index (Phi) is 2.34. The van der Waals surface area contributed by atoms with Crippen molar-refractivity contribution in [3.63, 3.8) is 0 Å². The predicted molar refractivity (Wildman–Crippen MR) is 73.9 cm³/mol. The molecule has 0 N–H and O–H groups in total. The number of benzene rings is 1. The third kappa shape index (κ3) is 1.81. The SMILES string of the molecule is Cc1ccc(-c2ccc3c(c2)OCCO3)n1C1CC1. The zero-order valence-corrected chi connectivity index (χ0v) is 11.1. The molecule has 0 radical (unpaired) electrons. The molecular weight excluding hydrogens is 238 g/mol. The maximum atomic E-state index is 5.67. The minimum absolute atomic E-state index is 0.638. The fourth-order valence-corrected chi connectivity index (χ4v) is 2.81. The molecule has 0 bridgehead atoms. The second-order valence-corrected chi connectivity index (χ2v) is 5.32. The number of aromatic nitrogens is 1. The average molecular weight is 255 g/mol. The van der Waals surface area contributed by atoms with Gasteiger partial charge in [0.25, 0.3) is 0 Å². The lowest BCUT2D eigenvalue weighted by Gasteiger charge is -2.19. The Morgan fingerprint density at radius 3 is 2.58 bits per heavy atom. The molecule has 98 valence electrons. The van der Waals surface area contributed by atoms with Crippen LogP contribution in [0, 0.1) is 6.92 Å². The molecule has 2 heterocycles. The van der Waals surface area contributed by atoms with Crippen molar-refractivity contribution in [2.45, 2.75) is 25.8 Å². The number of aryl methyl sites for hydroxylation is 1. The Bertz CT molecular complexity index is 626. The molecule has 19 heavy (non-hydrogen) atoms. The van der Waals surface area contributed by atoms with Crippen LogP contribution in [-0.4, -0.2) is 17.8 Å². The first-order valence-electron chi connectivity index (χ1n) is 6.91. The van der Waals surface area contributed by atoms with Gasteiger partial charge >= 0.3 is 0 Å². The highest BCUT2D eigenvalue weighted by Crippen LogP contribution is 2.42. The standard InChI is InChI=1S/C16H17NO2/c1-11-2-6-14(17(11)13-4-5-13)12-3-7-15-16(10-12)19-9-8-18-15/h2-3,6-7,10,13H,4-5,8-9H2,1H3. The Morgan fingerprint density at radius 1 is 1.00 bits per heavy atom. The van der Waals surface area contributed by atoms with Crippen LogP contribution in [0.2, 0.25) is 0 Å². The summed E-state index contributed by atoms with van der Waals surface area (Å²) in [4.78, 5) is 0. The predicted octanol–water partition coefficient (Wildman–Crippen LogP) is 3.57. The Balaban J connectivity index is 1.80. The number of hydrogen-bond donors (Lipinski definition) is 0. The molecule has 1 saturated carbocycles. The molecule has 1 aliphatic heterocycles. The normalized spacial score (nSPS) is 17.5. The van der Waals surface area contributed by atoms with Crippen LogP contribution in [0.15, 0.2) is 30.3 Å². The van der Waals surface area contributed by atoms with Crippen LogP contribution in [-0.2, 0) is 0 Å². The highest BCUT2D eigenvalue weighted by Gasteiger charge is 2.27. The molecule has 0 atom stereocenters. The third-order valence-corrected chi connectivity index (χ3v) is 3.87. The summed E-state index contributed by atoms with van der Waals surface area (Å²) in [6.07, 6.45) is 2.60. The van der Waals surface area contributed by atoms with Gasteiger partial charge in [0.05, 0.1) is 0 Å². The van der Waals surface area contributed by atoms with Crippen molar-refractivity contribution in [1.29, 1.82) is 0 Å². The molecule has 4 rings (SSSR count). The van der Waals surface area contributed by atoms with E-state index in [2.05, 4.69) is 35.8 Å². The van der Waals surface area contributed by atoms with Gasteiger partial charge in [0, 0.05) is 23.0 Å². The van der Waals surface area contributed by atoms with E-state index in [1.165, 1.54) is 29.8 Å². The summed E-state index contributed by atoms with van der Waals surface area (Å²) in [6, 6.07) is 11.3. The van der Waals surface area contributed by atoms with Crippen LogP contribution in [0.5, 0.6) is 11.5 Å². The monoisotopic (exact) mass is 255 g/mol. The molecule has 0 amide bonds. The molecule has 2 aliphatic rings. The van der Waals surface area contributed by atoms with Crippen molar-refractivity contribution in [3.8, 4) is 22.8 Å². The summed E-state index contributed by atoms with van der Waals surface area (Å²) < 4.78 is 13.7. The van der Waals surface area contributed by atoms with Crippen LogP contribution in [0.3, 0.4) is 0 Å². The minimum atomic E-state index is 0.638. The largest absolute Gasteiger partial charge is 0.486 e. The molecule has 2 aromatic rings. The molecule has 1 aromatic heterocycles. The lowest BCUT2D eigenvalue weighted by molar-refractivity contribution is 0.171. The van der Waals surface area contributed by atoms with Gasteiger partial charge in [0.15, 0.2) is 11.5 Å². The second-order valence-electron chi connectivity index (χ2n) is 5.32. The Labute approximate surface area is 112 Å². The highest BCUT2D eigenvalue weighted by atomic mass is 16.6. The van der Waals surface area contributed by atoms with E-state index in [4.69, 9.17) is 9.47 Å². The Morgan fingerprint density at radius 2 is 1.79 bits per heavy atom. The number of rotatable bonds is 2. The van der Waals surface area contributed by atoms with E-state index in [9.17, 15) is 0 Å². The van der Waals surface area contributed by atoms with Crippen LogP contribution >= 0.6 is 0 Å². The number of fused-ring (bicyclic) bond motifs is 1. The van der Waals surface area contributed by atoms with E-state index < -0.39 is 0 Å². The fraction of sp³-hybridized carbons (Fsp3) is 0.375. The molecule has 3 nitrogen and oxygen atoms in total. The maximum absolute atomic E-state index is 5.67. The van der Waals surface area contributed by atoms with Crippen molar-refractivity contribution in [3.05, 3.63) is 36.0 Å². The van der Waals surface area contributed by atoms with Crippen molar-refractivity contribution in [1.82, 2.24) is 4.57 Å². The molecule has 1 aliphatic carbocycles. The number of nitrogens with zero attached hydrogens (tertiary/aromatic N) is 1. The quantitative estimate of drug-likeness (QED) is 0.819. The number of ether oxygens (including phenoxy) is 2. The number of hydrogen-bond acceptors (Lipinski definition) is 2. The van der Waals surface area contributed by atoms with Crippen molar-refractivity contribution in [2.24, 2.45) is 0 Å². The van der Waals surface area contributed by atoms with Crippen LogP contribution < -0.4 is 9.47 Å². The first-order valence-corrected chi connectivity index (χ1v) is 6.91. The Hall–Kier alpha value is -1.90. The molecule has 0 saturated heterocycles. The average Bonchev–Trinajstić information content (AvgIpc) is 3.21. The van der Waals surface area contributed by atoms with E-state index >= 15 is 0 Å². The van der Waals surface area contributed by atoms with Gasteiger partial charge in [-0.3, -0.25) is 0 Å². The highest BCUT2D eigenvalue weighted by molar-refractivity contribution is 5.66. The van der Waals surface area contributed by atoms with Gasteiger partial charge in [-0.2, -0.15) is 0 Å². The summed E-state index contributed by atoms with van der Waals surface area (Å²) in [5.74, 6) is 1.72. The van der Waals surface area contributed by atoms with Gasteiger partial charge in [0.2, 0.25) is 0 Å². The first kappa shape index (κ1) is 11.0. The molecule has 1 fully saturated rings. The van der Waals surface area contributed by atoms with Gasteiger partial charge in [-0.15, -0.1) is 0 Å². The first-order chi connectivity index (χ1) is 9.33. The maximum Gasteiger partial charge on any atom is 0.162 e. The third-order valence-electron chi connectivity index (χ3n) is 3.87. The zero-order valence-electron chi connectivity index (χ0n) is 11.1. The summed E-state index contributed by atoms with van der Waals surface area (Å²) in [7, 11) is 0. The van der Waals surface area contributed by atoms with E-state index in [1.54, 1.807) is 0 Å². The summed E-state index contributed by atoms with van der Waals surface area (Å²) in [5.41, 5.74) is 3.84. The lowest BCUT2D eigenvalue weighted by Crippen LogP contribution is -2.15. The zero-order chi connectivity index (χ0) is 12.8. The molecule has 1 aromatic carbocycles. The summed E-state index contributed by atoms with van der Waals surface area (Å²) in [5, 5.41) is 0. The molecule has 3 heteroatoms. The van der Waals surface area contributed by atoms with Crippen LogP contribution in [0.4, 0.5) is 0 Å². The minimum Gasteiger partial charge on any atom is -0.486 e. The summed E-state index contributed by atoms with van der Waals surface area (Å²) >= 11 is 0. The van der Waals surface area contributed by atoms with Crippen molar-refractivity contribution >= 4 is 0 Å². The van der Waals surface area contributed by atoms with E-state index in [0.717, 1.165) is 11.5 Å². The molecular formula is C16H17NO2. The van der Waals surface area contributed by atoms with E-state index in [1.807, 2.05) is 6.07 Å². The topological polar surface area (TPSA) is 23.4 Å². The van der Waals surface area contributed by atoms with Crippen LogP contribution in [0.25, 0.3) is 11.3 Å². The van der Waals surface area contributed by atoms with Crippen molar-refractivity contribution < 1.29 is 9.47 Å². The van der Waals surface area contributed by atoms with Gasteiger partial charge in [-0.05, 0) is 50.1 Å². The fourth-order valence-electron chi connectivity index (χ4n) is 2.81.